The van der Waals surface area contributed by atoms with Crippen molar-refractivity contribution < 1.29 is 38.2 Å². The average Bonchev–Trinajstić information content (AvgIpc) is 2.79. The van der Waals surface area contributed by atoms with Gasteiger partial charge in [-0.15, -0.1) is 0 Å². The van der Waals surface area contributed by atoms with E-state index in [9.17, 15) is 19.5 Å². The summed E-state index contributed by atoms with van der Waals surface area (Å²) in [5, 5.41) is 11.4. The Morgan fingerprint density at radius 2 is 1.49 bits per heavy atom. The number of unbranched alkanes of at least 4 members (excludes halogenated alkanes) is 7. The lowest BCUT2D eigenvalue weighted by Crippen LogP contribution is -2.55. The van der Waals surface area contributed by atoms with Crippen LogP contribution >= 0.6 is 0 Å². The van der Waals surface area contributed by atoms with Gasteiger partial charge in [0.2, 0.25) is 0 Å². The molecule has 0 aromatic heterocycles. The number of likely N-dealkylation sites (N-methyl/N-ethyl adjacent to an activating group) is 1. The first-order valence-corrected chi connectivity index (χ1v) is 13.2. The van der Waals surface area contributed by atoms with Crippen LogP contribution in [0, 0.1) is 0 Å². The minimum absolute atomic E-state index is 0.0332. The van der Waals surface area contributed by atoms with Crippen molar-refractivity contribution in [1.82, 2.24) is 0 Å². The number of hydrogen-bond donors (Lipinski definition) is 0. The number of carboxylic acids is 1. The quantitative estimate of drug-likeness (QED) is 0.0971. The van der Waals surface area contributed by atoms with Crippen molar-refractivity contribution in [1.29, 1.82) is 0 Å². The zero-order valence-corrected chi connectivity index (χ0v) is 22.7. The molecule has 0 rings (SSSR count). The SMILES string of the molecule is CCCC/C=C\CCCCCCCC(=O)OC(COCCC(C(=O)[O-])[N+](C)(C)C)COC(=O)CC. The minimum atomic E-state index is -1.13. The van der Waals surface area contributed by atoms with E-state index in [1.54, 1.807) is 28.1 Å². The first kappa shape index (κ1) is 33.1. The maximum absolute atomic E-state index is 12.3. The molecule has 0 radical (unpaired) electrons. The molecule has 0 amide bonds. The Labute approximate surface area is 212 Å². The minimum Gasteiger partial charge on any atom is -0.544 e. The van der Waals surface area contributed by atoms with Crippen LogP contribution in [0.5, 0.6) is 0 Å². The third-order valence-electron chi connectivity index (χ3n) is 5.71. The highest BCUT2D eigenvalue weighted by atomic mass is 16.6. The van der Waals surface area contributed by atoms with Crippen molar-refractivity contribution in [2.45, 2.75) is 103 Å². The maximum atomic E-state index is 12.3. The number of quaternary nitrogens is 1. The van der Waals surface area contributed by atoms with Gasteiger partial charge in [-0.1, -0.05) is 58.1 Å². The second-order valence-corrected chi connectivity index (χ2v) is 9.88. The smallest absolute Gasteiger partial charge is 0.306 e. The van der Waals surface area contributed by atoms with Gasteiger partial charge in [-0.25, -0.2) is 0 Å². The molecule has 0 saturated carbocycles. The molecule has 0 fully saturated rings. The number of aliphatic carboxylic acids is 1. The zero-order valence-electron chi connectivity index (χ0n) is 22.7. The molecule has 8 nitrogen and oxygen atoms in total. The lowest BCUT2D eigenvalue weighted by Gasteiger charge is -2.34. The predicted octanol–water partition coefficient (Wildman–Crippen LogP) is 3.56. The Balaban J connectivity index is 4.27. The van der Waals surface area contributed by atoms with Gasteiger partial charge >= 0.3 is 11.9 Å². The molecule has 204 valence electrons. The van der Waals surface area contributed by atoms with E-state index in [0.717, 1.165) is 32.1 Å². The lowest BCUT2D eigenvalue weighted by atomic mass is 10.1. The van der Waals surface area contributed by atoms with Crippen molar-refractivity contribution in [3.8, 4) is 0 Å². The molecule has 8 heteroatoms. The Bertz CT molecular complexity index is 613. The van der Waals surface area contributed by atoms with Crippen LogP contribution in [0.2, 0.25) is 0 Å². The number of esters is 2. The van der Waals surface area contributed by atoms with E-state index in [-0.39, 0.29) is 49.1 Å². The number of ether oxygens (including phenoxy) is 3. The molecule has 0 saturated heterocycles. The fraction of sp³-hybridized carbons (Fsp3) is 0.815. The summed E-state index contributed by atoms with van der Waals surface area (Å²) in [6.45, 7) is 4.00. The molecule has 0 spiro atoms. The van der Waals surface area contributed by atoms with Gasteiger partial charge in [-0.3, -0.25) is 9.59 Å². The molecule has 0 aliphatic heterocycles. The van der Waals surface area contributed by atoms with Gasteiger partial charge in [0.15, 0.2) is 6.10 Å². The summed E-state index contributed by atoms with van der Waals surface area (Å²) in [4.78, 5) is 35.1. The fourth-order valence-corrected chi connectivity index (χ4v) is 3.50. The first-order chi connectivity index (χ1) is 16.6. The summed E-state index contributed by atoms with van der Waals surface area (Å²) in [5.74, 6) is -1.86. The molecular weight excluding hydrogens is 450 g/mol. The van der Waals surface area contributed by atoms with E-state index in [2.05, 4.69) is 19.1 Å². The van der Waals surface area contributed by atoms with Gasteiger partial charge in [0, 0.05) is 19.3 Å². The Kier molecular flexibility index (Phi) is 19.2. The van der Waals surface area contributed by atoms with E-state index in [0.29, 0.717) is 6.42 Å². The standard InChI is InChI=1S/C27H49NO7/c1-6-8-9-10-11-12-13-14-15-16-17-18-26(30)35-23(22-34-25(29)7-2)21-33-20-19-24(27(31)32)28(3,4)5/h10-11,23-24H,6-9,12-22H2,1-5H3/b11-10-. The van der Waals surface area contributed by atoms with Crippen molar-refractivity contribution >= 4 is 17.9 Å². The number of nitrogens with zero attached hydrogens (tertiary/aromatic N) is 1. The molecular formula is C27H49NO7. The highest BCUT2D eigenvalue weighted by Gasteiger charge is 2.25. The van der Waals surface area contributed by atoms with Crippen LogP contribution < -0.4 is 5.11 Å². The van der Waals surface area contributed by atoms with E-state index in [1.165, 1.54) is 25.7 Å². The lowest BCUT2D eigenvalue weighted by molar-refractivity contribution is -0.889. The molecule has 0 aromatic rings. The average molecular weight is 500 g/mol. The highest BCUT2D eigenvalue weighted by Crippen LogP contribution is 2.11. The molecule has 2 atom stereocenters. The zero-order chi connectivity index (χ0) is 26.5. The van der Waals surface area contributed by atoms with E-state index in [1.807, 2.05) is 0 Å². The maximum Gasteiger partial charge on any atom is 0.306 e. The molecule has 0 aliphatic rings. The van der Waals surface area contributed by atoms with Crippen LogP contribution in [-0.2, 0) is 28.6 Å². The van der Waals surface area contributed by atoms with Crippen LogP contribution in [0.4, 0.5) is 0 Å². The normalized spacial score (nSPS) is 13.5. The molecule has 0 heterocycles. The van der Waals surface area contributed by atoms with Crippen LogP contribution in [0.25, 0.3) is 0 Å². The summed E-state index contributed by atoms with van der Waals surface area (Å²) in [6, 6.07) is -0.717. The van der Waals surface area contributed by atoms with Crippen molar-refractivity contribution in [3.05, 3.63) is 12.2 Å². The van der Waals surface area contributed by atoms with Gasteiger partial charge in [0.05, 0.1) is 40.3 Å². The summed E-state index contributed by atoms with van der Waals surface area (Å²) < 4.78 is 16.4. The Hall–Kier alpha value is -1.93. The fourth-order valence-electron chi connectivity index (χ4n) is 3.50. The third-order valence-corrected chi connectivity index (χ3v) is 5.71. The van der Waals surface area contributed by atoms with Crippen molar-refractivity contribution in [2.24, 2.45) is 0 Å². The number of hydrogen-bond acceptors (Lipinski definition) is 7. The summed E-state index contributed by atoms with van der Waals surface area (Å²) >= 11 is 0. The molecule has 0 N–H and O–H groups in total. The van der Waals surface area contributed by atoms with Crippen LogP contribution in [0.15, 0.2) is 12.2 Å². The monoisotopic (exact) mass is 499 g/mol. The summed E-state index contributed by atoms with van der Waals surface area (Å²) in [5.41, 5.74) is 0. The number of rotatable bonds is 22. The number of carbonyl (C=O) groups excluding carboxylic acids is 3. The third kappa shape index (κ3) is 19.0. The van der Waals surface area contributed by atoms with Gasteiger partial charge in [0.1, 0.15) is 12.6 Å². The van der Waals surface area contributed by atoms with E-state index < -0.39 is 18.1 Å². The number of carbonyl (C=O) groups is 3. The second-order valence-electron chi connectivity index (χ2n) is 9.88. The Morgan fingerprint density at radius 3 is 2.09 bits per heavy atom. The highest BCUT2D eigenvalue weighted by molar-refractivity contribution is 5.70. The van der Waals surface area contributed by atoms with Gasteiger partial charge in [-0.2, -0.15) is 0 Å². The molecule has 0 aliphatic carbocycles. The summed E-state index contributed by atoms with van der Waals surface area (Å²) in [7, 11) is 5.34. The van der Waals surface area contributed by atoms with Crippen LogP contribution in [0.1, 0.15) is 90.9 Å². The molecule has 2 unspecified atom stereocenters. The first-order valence-electron chi connectivity index (χ1n) is 13.2. The molecule has 0 aromatic carbocycles. The largest absolute Gasteiger partial charge is 0.544 e. The van der Waals surface area contributed by atoms with E-state index in [4.69, 9.17) is 14.2 Å². The van der Waals surface area contributed by atoms with E-state index >= 15 is 0 Å². The predicted molar refractivity (Wildman–Crippen MR) is 134 cm³/mol. The van der Waals surface area contributed by atoms with Gasteiger partial charge in [0.25, 0.3) is 0 Å². The van der Waals surface area contributed by atoms with Crippen molar-refractivity contribution in [3.63, 3.8) is 0 Å². The van der Waals surface area contributed by atoms with Crippen LogP contribution in [0.3, 0.4) is 0 Å². The van der Waals surface area contributed by atoms with Crippen molar-refractivity contribution in [2.75, 3.05) is 41.0 Å². The summed E-state index contributed by atoms with van der Waals surface area (Å²) in [6.07, 6.45) is 14.5. The van der Waals surface area contributed by atoms with Crippen LogP contribution in [-0.4, -0.2) is 75.5 Å². The molecule has 0 bridgehead atoms. The second kappa shape index (κ2) is 20.3. The van der Waals surface area contributed by atoms with Gasteiger partial charge in [-0.05, 0) is 25.7 Å². The Morgan fingerprint density at radius 1 is 0.857 bits per heavy atom. The van der Waals surface area contributed by atoms with Gasteiger partial charge < -0.3 is 28.6 Å². The number of allylic oxidation sites excluding steroid dienone is 2. The number of carboxylic acid groups (broad SMARTS) is 1. The topological polar surface area (TPSA) is 102 Å². The molecule has 35 heavy (non-hydrogen) atoms.